The zero-order chi connectivity index (χ0) is 84.2. The zero-order valence-corrected chi connectivity index (χ0v) is 70.9. The maximum absolute atomic E-state index is 12.3. The summed E-state index contributed by atoms with van der Waals surface area (Å²) >= 11 is 0. The van der Waals surface area contributed by atoms with Gasteiger partial charge in [0.25, 0.3) is 0 Å². The van der Waals surface area contributed by atoms with Crippen LogP contribution >= 0.6 is 30.4 Å². The van der Waals surface area contributed by atoms with Gasteiger partial charge in [-0.25, -0.2) is 0 Å². The summed E-state index contributed by atoms with van der Waals surface area (Å²) in [5.41, 5.74) is 8.12. The molecule has 0 saturated carbocycles. The molecule has 1 amide bonds. The number of nitrogens with two attached hydrogens (primary N) is 2. The van der Waals surface area contributed by atoms with Gasteiger partial charge in [0.2, 0.25) is 5.91 Å². The summed E-state index contributed by atoms with van der Waals surface area (Å²) in [7, 11) is -15.5. The lowest BCUT2D eigenvalue weighted by atomic mass is 9.97. The Labute approximate surface area is 642 Å². The monoisotopic (exact) mass is 1670 g/mol. The lowest BCUT2D eigenvalue weighted by molar-refractivity contribution is -0.309. The van der Waals surface area contributed by atoms with Crippen molar-refractivity contribution in [3.8, 4) is 0 Å². The second kappa shape index (κ2) is 48.8. The molecule has 0 aromatic heterocycles. The number of aliphatic hydroxyl groups excluding tert-OH is 9. The highest BCUT2D eigenvalue weighted by atomic mass is 31.2. The largest absolute Gasteiger partial charge is 0.394 e. The number of ether oxygens (including phenoxy) is 14. The Morgan fingerprint density at radius 2 is 0.624 bits per heavy atom. The Balaban J connectivity index is 0.000000727. The molecule has 39 nitrogen and oxygen atoms in total. The second-order valence-corrected chi connectivity index (χ2v) is 40.8. The van der Waals surface area contributed by atoms with E-state index in [1.165, 1.54) is 34.6 Å². The van der Waals surface area contributed by atoms with Gasteiger partial charge in [0.1, 0.15) is 85.4 Å². The summed E-state index contributed by atoms with van der Waals surface area (Å²) in [4.78, 5) is 50.7. The van der Waals surface area contributed by atoms with Gasteiger partial charge >= 0.3 is 30.4 Å². The molecule has 4 rings (SSSR count). The minimum Gasteiger partial charge on any atom is -0.394 e. The molecular formula is C66H137N3O36P4. The standard InChI is InChI=1S/C17H34NO9P.C17H36NO9P.C17H35O10P.C15H32NO8P/c1-10(2)28(22,23)27-15-12(9-19)26-16(13(14(15)21)18-11(3)20)24-7-8-25-17(4,5)6;1-11(2)28(21,22)26-9-7-23-15-12(10-19)27-16(13(18)14(15)20)24-6-8-25-17(3,4)5;1-11(2)28(21,22)26-9-7-23-15-12(10-18)27-16(14(20)13(15)19)24-6-8-25-17(3,4)5;1-9(2)25(19,20)24-13-10(8-17)23-14(11(16)12(13)18)21-6-7-22-15(3,4)5/h10,12-16,19,21H,7-9H2,1-6H3,(H,18,20)(H,22,23);11-16,19-20H,6-10,18H2,1-5H3,(H,21,22);11-16,18-20H,6-10H2,1-5H3,(H,21,22);9-14,17-18H,6-8,16H2,1-5H3,(H,19,20). The molecule has 4 saturated heterocycles. The molecule has 0 radical (unpaired) electrons. The van der Waals surface area contributed by atoms with Crippen LogP contribution in [0.4, 0.5) is 0 Å². The van der Waals surface area contributed by atoms with E-state index in [-0.39, 0.29) is 88.5 Å². The zero-order valence-electron chi connectivity index (χ0n) is 67.3. The fourth-order valence-electron chi connectivity index (χ4n) is 9.58. The van der Waals surface area contributed by atoms with Gasteiger partial charge < -0.3 is 158 Å². The average molecular weight is 1670 g/mol. The first kappa shape index (κ1) is 106. The summed E-state index contributed by atoms with van der Waals surface area (Å²) in [6.07, 6.45) is -19.4. The van der Waals surface area contributed by atoms with Crippen LogP contribution in [0.25, 0.3) is 0 Å². The van der Waals surface area contributed by atoms with Crippen molar-refractivity contribution < 1.29 is 173 Å². The van der Waals surface area contributed by atoms with Crippen LogP contribution in [0, 0.1) is 0 Å². The van der Waals surface area contributed by atoms with E-state index in [1.807, 2.05) is 83.1 Å². The van der Waals surface area contributed by atoms with Crippen LogP contribution in [0.1, 0.15) is 145 Å². The van der Waals surface area contributed by atoms with E-state index >= 15 is 0 Å². The first-order valence-corrected chi connectivity index (χ1v) is 43.0. The average Bonchev–Trinajstić information content (AvgIpc) is 0.802. The van der Waals surface area contributed by atoms with Gasteiger partial charge in [0, 0.05) is 6.92 Å². The molecule has 18 N–H and O–H groups in total. The number of amides is 1. The highest BCUT2D eigenvalue weighted by Crippen LogP contribution is 2.52. The number of hydrogen-bond donors (Lipinski definition) is 16. The number of carbonyl (C=O) groups is 1. The lowest BCUT2D eigenvalue weighted by Gasteiger charge is -2.44. The van der Waals surface area contributed by atoms with Crippen molar-refractivity contribution in [1.82, 2.24) is 5.32 Å². The molecule has 4 fully saturated rings. The van der Waals surface area contributed by atoms with Crippen molar-refractivity contribution >= 4 is 36.3 Å². The van der Waals surface area contributed by atoms with Crippen LogP contribution in [0.15, 0.2) is 0 Å². The smallest absolute Gasteiger partial charge is 0.331 e. The fraction of sp³-hybridized carbons (Fsp3) is 0.985. The number of nitrogens with one attached hydrogen (secondary N) is 1. The topological polar surface area (TPSA) is 579 Å². The van der Waals surface area contributed by atoms with E-state index in [0.717, 1.165) is 0 Å². The Morgan fingerprint density at radius 1 is 0.367 bits per heavy atom. The summed E-state index contributed by atoms with van der Waals surface area (Å²) in [5, 5.41) is 92.8. The van der Waals surface area contributed by atoms with Gasteiger partial charge in [-0.2, -0.15) is 0 Å². The quantitative estimate of drug-likeness (QED) is 0.0302. The van der Waals surface area contributed by atoms with Crippen molar-refractivity contribution in [2.24, 2.45) is 11.5 Å². The Kier molecular flexibility index (Phi) is 47.5. The van der Waals surface area contributed by atoms with Crippen molar-refractivity contribution in [2.45, 2.75) is 313 Å². The molecule has 109 heavy (non-hydrogen) atoms. The third kappa shape index (κ3) is 39.5. The van der Waals surface area contributed by atoms with Crippen molar-refractivity contribution in [2.75, 3.05) is 106 Å². The molecule has 4 aliphatic heterocycles. The Hall–Kier alpha value is -0.930. The SMILES string of the molecule is CC(=O)NC1C(OCCOC(C)(C)C)OC(CO)C(OP(=O)(O)C(C)C)C1O.CC(C)P(=O)(O)OC1C(CO)OC(OCCOC(C)(C)C)C(N)C1O.CC(C)P(=O)(O)OCCOC1C(CO)OC(OCCOC(C)(C)C)C(N)C1O.CC(C)P(=O)(O)OCCOC1C(CO)OC(OCCOC(C)(C)C)C(O)C1O. The minimum atomic E-state index is -4.07. The van der Waals surface area contributed by atoms with Gasteiger partial charge in [-0.05, 0) is 83.1 Å². The summed E-state index contributed by atoms with van der Waals surface area (Å²) in [6, 6.07) is -2.97. The van der Waals surface area contributed by atoms with Gasteiger partial charge in [-0.3, -0.25) is 32.1 Å². The molecule has 0 aromatic carbocycles. The van der Waals surface area contributed by atoms with Crippen LogP contribution in [-0.4, -0.2) is 345 Å². The maximum Gasteiger partial charge on any atom is 0.331 e. The summed E-state index contributed by atoms with van der Waals surface area (Å²) < 4.78 is 145. The van der Waals surface area contributed by atoms with Crippen molar-refractivity contribution in [1.29, 1.82) is 0 Å². The van der Waals surface area contributed by atoms with Gasteiger partial charge in [-0.1, -0.05) is 55.4 Å². The van der Waals surface area contributed by atoms with Crippen LogP contribution in [-0.2, 0) is 107 Å². The van der Waals surface area contributed by atoms with Crippen molar-refractivity contribution in [3.05, 3.63) is 0 Å². The predicted molar refractivity (Wildman–Crippen MR) is 394 cm³/mol. The number of carbonyl (C=O) groups excluding carboxylic acids is 1. The molecule has 0 spiro atoms. The molecule has 0 aliphatic carbocycles. The van der Waals surface area contributed by atoms with E-state index in [4.69, 9.17) is 95.9 Å². The molecule has 4 aliphatic rings. The highest BCUT2D eigenvalue weighted by Gasteiger charge is 2.52. The van der Waals surface area contributed by atoms with E-state index < -0.39 is 208 Å². The summed E-state index contributed by atoms with van der Waals surface area (Å²) in [6.45, 7) is 35.6. The van der Waals surface area contributed by atoms with Crippen LogP contribution in [0.2, 0.25) is 0 Å². The third-order valence-corrected chi connectivity index (χ3v) is 23.4. The predicted octanol–water partition coefficient (Wildman–Crippen LogP) is 1.05. The van der Waals surface area contributed by atoms with Crippen LogP contribution in [0.3, 0.4) is 0 Å². The molecule has 4 heterocycles. The van der Waals surface area contributed by atoms with Gasteiger partial charge in [0.15, 0.2) is 25.2 Å². The Bertz CT molecular complexity index is 2620. The fourth-order valence-corrected chi connectivity index (χ4v) is 12.6. The molecule has 0 aromatic rings. The number of hydrogen-bond acceptors (Lipinski definition) is 34. The van der Waals surface area contributed by atoms with Crippen LogP contribution in [0.5, 0.6) is 0 Å². The summed E-state index contributed by atoms with van der Waals surface area (Å²) in [5.74, 6) is -0.454. The van der Waals surface area contributed by atoms with Gasteiger partial charge in [-0.15, -0.1) is 0 Å². The molecular weight excluding hydrogens is 1530 g/mol. The van der Waals surface area contributed by atoms with Crippen LogP contribution < -0.4 is 16.8 Å². The minimum absolute atomic E-state index is 0.0729. The number of rotatable bonds is 39. The third-order valence-electron chi connectivity index (χ3n) is 15.9. The van der Waals surface area contributed by atoms with E-state index in [2.05, 4.69) is 5.32 Å². The van der Waals surface area contributed by atoms with Gasteiger partial charge in [0.05, 0.1) is 163 Å². The highest BCUT2D eigenvalue weighted by molar-refractivity contribution is 7.54. The van der Waals surface area contributed by atoms with E-state index in [9.17, 15) is 88.6 Å². The molecule has 24 unspecified atom stereocenters. The second-order valence-electron chi connectivity index (χ2n) is 31.2. The molecule has 0 bridgehead atoms. The molecule has 43 heteroatoms. The molecule has 652 valence electrons. The molecule has 24 atom stereocenters. The normalized spacial score (nSPS) is 31.6. The van der Waals surface area contributed by atoms with E-state index in [0.29, 0.717) is 13.2 Å². The van der Waals surface area contributed by atoms with Crippen molar-refractivity contribution in [3.63, 3.8) is 0 Å². The number of aliphatic hydroxyl groups is 9. The van der Waals surface area contributed by atoms with E-state index in [1.54, 1.807) is 27.7 Å². The first-order chi connectivity index (χ1) is 49.9. The first-order valence-electron chi connectivity index (χ1n) is 36.4. The Morgan fingerprint density at radius 3 is 0.927 bits per heavy atom. The maximum atomic E-state index is 12.3. The lowest BCUT2D eigenvalue weighted by Crippen LogP contribution is -2.65.